The van der Waals surface area contributed by atoms with E-state index in [0.717, 1.165) is 42.7 Å². The van der Waals surface area contributed by atoms with Gasteiger partial charge in [0.1, 0.15) is 4.88 Å². The highest BCUT2D eigenvalue weighted by Gasteiger charge is 2.30. The van der Waals surface area contributed by atoms with E-state index >= 15 is 0 Å². The molecule has 5 heteroatoms. The SMILES string of the molecule is O=C(NCCCC1CCCCC1O)c1scnc1C1CC1. The molecule has 2 fully saturated rings. The minimum absolute atomic E-state index is 0.0311. The summed E-state index contributed by atoms with van der Waals surface area (Å²) in [4.78, 5) is 17.3. The first-order valence-electron chi connectivity index (χ1n) is 8.15. The number of nitrogens with zero attached hydrogens (tertiary/aromatic N) is 1. The van der Waals surface area contributed by atoms with Crippen molar-refractivity contribution in [3.8, 4) is 0 Å². The Labute approximate surface area is 130 Å². The molecule has 4 nitrogen and oxygen atoms in total. The average Bonchev–Trinajstić information content (AvgIpc) is 3.22. The number of amides is 1. The van der Waals surface area contributed by atoms with Gasteiger partial charge in [0.2, 0.25) is 0 Å². The lowest BCUT2D eigenvalue weighted by atomic mass is 9.83. The first-order valence-corrected chi connectivity index (χ1v) is 9.03. The molecule has 0 saturated heterocycles. The summed E-state index contributed by atoms with van der Waals surface area (Å²) in [6.07, 6.45) is 8.65. The summed E-state index contributed by atoms with van der Waals surface area (Å²) >= 11 is 1.45. The van der Waals surface area contributed by atoms with E-state index in [1.54, 1.807) is 5.51 Å². The summed E-state index contributed by atoms with van der Waals surface area (Å²) in [5.41, 5.74) is 2.78. The number of rotatable bonds is 6. The van der Waals surface area contributed by atoms with Crippen LogP contribution in [0, 0.1) is 5.92 Å². The Bertz CT molecular complexity index is 484. The molecule has 0 spiro atoms. The molecule has 0 aliphatic heterocycles. The van der Waals surface area contributed by atoms with Crippen LogP contribution in [0.1, 0.15) is 72.7 Å². The van der Waals surface area contributed by atoms with E-state index in [1.165, 1.54) is 30.6 Å². The maximum Gasteiger partial charge on any atom is 0.263 e. The fraction of sp³-hybridized carbons (Fsp3) is 0.750. The maximum atomic E-state index is 12.2. The molecule has 2 unspecified atom stereocenters. The monoisotopic (exact) mass is 308 g/mol. The summed E-state index contributed by atoms with van der Waals surface area (Å²) in [5, 5.41) is 13.0. The van der Waals surface area contributed by atoms with E-state index in [4.69, 9.17) is 0 Å². The molecular weight excluding hydrogens is 284 g/mol. The third-order valence-electron chi connectivity index (χ3n) is 4.67. The summed E-state index contributed by atoms with van der Waals surface area (Å²) < 4.78 is 0. The van der Waals surface area contributed by atoms with Gasteiger partial charge >= 0.3 is 0 Å². The van der Waals surface area contributed by atoms with E-state index in [0.29, 0.717) is 18.4 Å². The van der Waals surface area contributed by atoms with Gasteiger partial charge < -0.3 is 10.4 Å². The third-order valence-corrected chi connectivity index (χ3v) is 5.51. The second-order valence-electron chi connectivity index (χ2n) is 6.35. The van der Waals surface area contributed by atoms with Crippen molar-refractivity contribution in [2.75, 3.05) is 6.54 Å². The van der Waals surface area contributed by atoms with E-state index in [9.17, 15) is 9.90 Å². The highest BCUT2D eigenvalue weighted by Crippen LogP contribution is 2.41. The number of thiazole rings is 1. The molecule has 2 N–H and O–H groups in total. The predicted molar refractivity (Wildman–Crippen MR) is 83.6 cm³/mol. The molecule has 1 aromatic heterocycles. The van der Waals surface area contributed by atoms with Crippen molar-refractivity contribution in [2.45, 2.75) is 63.4 Å². The molecule has 0 aromatic carbocycles. The van der Waals surface area contributed by atoms with E-state index in [2.05, 4.69) is 10.3 Å². The Kier molecular flexibility index (Phi) is 4.91. The van der Waals surface area contributed by atoms with Gasteiger partial charge in [0.15, 0.2) is 0 Å². The number of aliphatic hydroxyl groups is 1. The molecule has 1 aromatic rings. The number of hydrogen-bond acceptors (Lipinski definition) is 4. The molecule has 2 aliphatic rings. The van der Waals surface area contributed by atoms with Crippen molar-refractivity contribution >= 4 is 17.2 Å². The second kappa shape index (κ2) is 6.88. The smallest absolute Gasteiger partial charge is 0.263 e. The number of aliphatic hydroxyl groups excluding tert-OH is 1. The minimum Gasteiger partial charge on any atom is -0.393 e. The Morgan fingerprint density at radius 2 is 2.14 bits per heavy atom. The van der Waals surface area contributed by atoms with Crippen molar-refractivity contribution in [3.05, 3.63) is 16.1 Å². The van der Waals surface area contributed by atoms with Crippen LogP contribution in [0.15, 0.2) is 5.51 Å². The lowest BCUT2D eigenvalue weighted by molar-refractivity contribution is 0.0641. The first-order chi connectivity index (χ1) is 10.3. The molecule has 2 saturated carbocycles. The largest absolute Gasteiger partial charge is 0.393 e. The number of hydrogen-bond donors (Lipinski definition) is 2. The van der Waals surface area contributed by atoms with Gasteiger partial charge in [-0.2, -0.15) is 0 Å². The second-order valence-corrected chi connectivity index (χ2v) is 7.21. The van der Waals surface area contributed by atoms with Gasteiger partial charge in [-0.3, -0.25) is 4.79 Å². The summed E-state index contributed by atoms with van der Waals surface area (Å²) in [6.45, 7) is 0.698. The Hall–Kier alpha value is -0.940. The molecule has 3 rings (SSSR count). The molecule has 2 aliphatic carbocycles. The van der Waals surface area contributed by atoms with E-state index < -0.39 is 0 Å². The highest BCUT2D eigenvalue weighted by molar-refractivity contribution is 7.11. The number of carbonyl (C=O) groups excluding carboxylic acids is 1. The zero-order valence-electron chi connectivity index (χ0n) is 12.4. The molecular formula is C16H24N2O2S. The van der Waals surface area contributed by atoms with E-state index in [-0.39, 0.29) is 12.0 Å². The minimum atomic E-state index is -0.127. The summed E-state index contributed by atoms with van der Waals surface area (Å²) in [7, 11) is 0. The van der Waals surface area contributed by atoms with Crippen LogP contribution in [0.25, 0.3) is 0 Å². The Morgan fingerprint density at radius 1 is 1.33 bits per heavy atom. The summed E-state index contributed by atoms with van der Waals surface area (Å²) in [5.74, 6) is 0.985. The van der Waals surface area contributed by atoms with Gasteiger partial charge in [0.05, 0.1) is 17.3 Å². The van der Waals surface area contributed by atoms with E-state index in [1.807, 2.05) is 0 Å². The van der Waals surface area contributed by atoms with Gasteiger partial charge in [0.25, 0.3) is 5.91 Å². The van der Waals surface area contributed by atoms with Crippen LogP contribution in [-0.4, -0.2) is 28.6 Å². The van der Waals surface area contributed by atoms with Gasteiger partial charge in [-0.05, 0) is 44.4 Å². The van der Waals surface area contributed by atoms with Crippen LogP contribution in [0.4, 0.5) is 0 Å². The first kappa shape index (κ1) is 15.0. The summed E-state index contributed by atoms with van der Waals surface area (Å²) in [6, 6.07) is 0. The predicted octanol–water partition coefficient (Wildman–Crippen LogP) is 3.08. The maximum absolute atomic E-state index is 12.2. The average molecular weight is 308 g/mol. The highest BCUT2D eigenvalue weighted by atomic mass is 32.1. The zero-order valence-corrected chi connectivity index (χ0v) is 13.2. The van der Waals surface area contributed by atoms with Crippen molar-refractivity contribution in [2.24, 2.45) is 5.92 Å². The molecule has 21 heavy (non-hydrogen) atoms. The molecule has 116 valence electrons. The quantitative estimate of drug-likeness (QED) is 0.794. The topological polar surface area (TPSA) is 62.2 Å². The number of carbonyl (C=O) groups is 1. The number of nitrogens with one attached hydrogen (secondary N) is 1. The molecule has 1 amide bonds. The van der Waals surface area contributed by atoms with Crippen molar-refractivity contribution in [1.82, 2.24) is 10.3 Å². The zero-order chi connectivity index (χ0) is 14.7. The normalized spacial score (nSPS) is 25.8. The van der Waals surface area contributed by atoms with Crippen LogP contribution in [0.3, 0.4) is 0 Å². The third kappa shape index (κ3) is 3.83. The lowest BCUT2D eigenvalue weighted by Gasteiger charge is -2.27. The molecule has 0 bridgehead atoms. The van der Waals surface area contributed by atoms with Gasteiger partial charge in [-0.25, -0.2) is 4.98 Å². The Morgan fingerprint density at radius 3 is 2.90 bits per heavy atom. The van der Waals surface area contributed by atoms with Crippen LogP contribution in [0.5, 0.6) is 0 Å². The fourth-order valence-electron chi connectivity index (χ4n) is 3.24. The number of aromatic nitrogens is 1. The van der Waals surface area contributed by atoms with Crippen molar-refractivity contribution < 1.29 is 9.90 Å². The fourth-order valence-corrected chi connectivity index (χ4v) is 4.03. The van der Waals surface area contributed by atoms with Crippen molar-refractivity contribution in [3.63, 3.8) is 0 Å². The lowest BCUT2D eigenvalue weighted by Crippen LogP contribution is -2.28. The van der Waals surface area contributed by atoms with Crippen LogP contribution in [0.2, 0.25) is 0 Å². The Balaban J connectivity index is 1.40. The molecule has 2 atom stereocenters. The standard InChI is InChI=1S/C16H24N2O2S/c19-13-6-2-1-4-11(13)5-3-9-17-16(20)15-14(12-7-8-12)18-10-21-15/h10-13,19H,1-9H2,(H,17,20). The molecule has 0 radical (unpaired) electrons. The van der Waals surface area contributed by atoms with Gasteiger partial charge in [-0.1, -0.05) is 12.8 Å². The van der Waals surface area contributed by atoms with Gasteiger partial charge in [0, 0.05) is 12.5 Å². The molecule has 1 heterocycles. The van der Waals surface area contributed by atoms with Crippen molar-refractivity contribution in [1.29, 1.82) is 0 Å². The van der Waals surface area contributed by atoms with Gasteiger partial charge in [-0.15, -0.1) is 11.3 Å². The van der Waals surface area contributed by atoms with Crippen LogP contribution >= 0.6 is 11.3 Å². The van der Waals surface area contributed by atoms with Crippen LogP contribution in [-0.2, 0) is 0 Å². The van der Waals surface area contributed by atoms with Crippen LogP contribution < -0.4 is 5.32 Å².